The number of benzene rings is 1. The summed E-state index contributed by atoms with van der Waals surface area (Å²) >= 11 is 0. The normalized spacial score (nSPS) is 12.8. The second-order valence-corrected chi connectivity index (χ2v) is 5.08. The van der Waals surface area contributed by atoms with Gasteiger partial charge >= 0.3 is 6.03 Å². The minimum atomic E-state index is -1.10. The number of nitrogens with zero attached hydrogens (tertiary/aromatic N) is 2. The topological polar surface area (TPSA) is 159 Å². The van der Waals surface area contributed by atoms with Gasteiger partial charge in [0.05, 0.1) is 11.6 Å². The molecule has 0 saturated carbocycles. The molecule has 4 amide bonds. The van der Waals surface area contributed by atoms with Gasteiger partial charge in [0, 0.05) is 11.3 Å². The number of aromatic amines is 1. The summed E-state index contributed by atoms with van der Waals surface area (Å²) in [5.74, 6) is -1.54. The maximum Gasteiger partial charge on any atom is 0.319 e. The molecule has 0 atom stereocenters. The quantitative estimate of drug-likeness (QED) is 0.527. The van der Waals surface area contributed by atoms with E-state index < -0.39 is 29.8 Å². The van der Waals surface area contributed by atoms with E-state index in [9.17, 15) is 19.2 Å². The SMILES string of the molecule is NC(=O)NC(=O)C1=c2c(nc(Nc3ccccc3)[nH]c2=O)=NC(=O)C1. The molecule has 0 saturated heterocycles. The summed E-state index contributed by atoms with van der Waals surface area (Å²) in [5, 5.41) is 4.52. The first-order valence-electron chi connectivity index (χ1n) is 7.12. The van der Waals surface area contributed by atoms with Crippen molar-refractivity contribution < 1.29 is 14.4 Å². The largest absolute Gasteiger partial charge is 0.351 e. The predicted molar refractivity (Wildman–Crippen MR) is 86.1 cm³/mol. The van der Waals surface area contributed by atoms with Crippen LogP contribution in [0.25, 0.3) is 5.57 Å². The Kier molecular flexibility index (Phi) is 4.08. The van der Waals surface area contributed by atoms with Crippen molar-refractivity contribution in [2.45, 2.75) is 6.42 Å². The van der Waals surface area contributed by atoms with Crippen LogP contribution in [0, 0.1) is 0 Å². The van der Waals surface area contributed by atoms with Gasteiger partial charge in [0.15, 0.2) is 5.49 Å². The molecule has 1 aliphatic rings. The van der Waals surface area contributed by atoms with E-state index in [1.807, 2.05) is 11.4 Å². The Bertz CT molecular complexity index is 1060. The molecule has 0 radical (unpaired) electrons. The standard InChI is InChI=1S/C15H12N6O4/c16-14(25)20-12(23)8-6-9(22)18-11-10(8)13(24)21-15(19-11)17-7-4-2-1-3-5-7/h1-5H,6H2,(H3,16,20,23,25)(H2,17,18,19,21,22,24). The van der Waals surface area contributed by atoms with Crippen LogP contribution in [0.15, 0.2) is 40.1 Å². The van der Waals surface area contributed by atoms with Crippen molar-refractivity contribution in [3.63, 3.8) is 0 Å². The molecule has 0 unspecified atom stereocenters. The van der Waals surface area contributed by atoms with Crippen molar-refractivity contribution in [1.29, 1.82) is 0 Å². The molecular formula is C15H12N6O4. The lowest BCUT2D eigenvalue weighted by Gasteiger charge is -2.09. The van der Waals surface area contributed by atoms with Gasteiger partial charge in [-0.3, -0.25) is 24.7 Å². The number of rotatable bonds is 3. The highest BCUT2D eigenvalue weighted by Gasteiger charge is 2.22. The number of para-hydroxylation sites is 1. The number of primary amides is 1. The van der Waals surface area contributed by atoms with E-state index in [0.717, 1.165) is 0 Å². The number of urea groups is 1. The van der Waals surface area contributed by atoms with E-state index in [-0.39, 0.29) is 22.2 Å². The first kappa shape index (κ1) is 16.1. The Morgan fingerprint density at radius 2 is 1.88 bits per heavy atom. The summed E-state index contributed by atoms with van der Waals surface area (Å²) in [6, 6.07) is 7.79. The maximum absolute atomic E-state index is 12.4. The molecule has 10 nitrogen and oxygen atoms in total. The third kappa shape index (κ3) is 3.42. The average Bonchev–Trinajstić information content (AvgIpc) is 2.54. The van der Waals surface area contributed by atoms with E-state index in [0.29, 0.717) is 5.69 Å². The van der Waals surface area contributed by atoms with E-state index >= 15 is 0 Å². The fraction of sp³-hybridized carbons (Fsp3) is 0.0667. The number of carbonyl (C=O) groups excluding carboxylic acids is 3. The highest BCUT2D eigenvalue weighted by Crippen LogP contribution is 2.09. The van der Waals surface area contributed by atoms with Gasteiger partial charge in [-0.1, -0.05) is 18.2 Å². The Hall–Kier alpha value is -3.82. The number of aromatic nitrogens is 2. The molecule has 0 fully saturated rings. The Labute approximate surface area is 139 Å². The molecule has 0 spiro atoms. The summed E-state index contributed by atoms with van der Waals surface area (Å²) in [6.45, 7) is 0. The number of anilines is 2. The van der Waals surface area contributed by atoms with E-state index in [1.165, 1.54) is 0 Å². The van der Waals surface area contributed by atoms with Gasteiger partial charge < -0.3 is 11.1 Å². The zero-order valence-electron chi connectivity index (χ0n) is 12.7. The van der Waals surface area contributed by atoms with Crippen LogP contribution in [-0.4, -0.2) is 27.8 Å². The monoisotopic (exact) mass is 340 g/mol. The summed E-state index contributed by atoms with van der Waals surface area (Å²) in [4.78, 5) is 57.2. The molecule has 0 bridgehead atoms. The molecule has 10 heteroatoms. The number of amides is 4. The van der Waals surface area contributed by atoms with Crippen molar-refractivity contribution >= 4 is 35.1 Å². The van der Waals surface area contributed by atoms with Crippen molar-refractivity contribution in [2.75, 3.05) is 5.32 Å². The van der Waals surface area contributed by atoms with Crippen LogP contribution < -0.4 is 32.6 Å². The second-order valence-electron chi connectivity index (χ2n) is 5.08. The van der Waals surface area contributed by atoms with Gasteiger partial charge in [0.2, 0.25) is 5.95 Å². The maximum atomic E-state index is 12.4. The molecular weight excluding hydrogens is 328 g/mol. The van der Waals surface area contributed by atoms with E-state index in [4.69, 9.17) is 5.73 Å². The van der Waals surface area contributed by atoms with E-state index in [2.05, 4.69) is 20.3 Å². The lowest BCUT2D eigenvalue weighted by molar-refractivity contribution is -0.119. The highest BCUT2D eigenvalue weighted by atomic mass is 16.2. The van der Waals surface area contributed by atoms with Gasteiger partial charge in [-0.05, 0) is 12.1 Å². The molecule has 5 N–H and O–H groups in total. The van der Waals surface area contributed by atoms with Gasteiger partial charge in [0.1, 0.15) is 0 Å². The van der Waals surface area contributed by atoms with Crippen LogP contribution in [0.2, 0.25) is 0 Å². The third-order valence-electron chi connectivity index (χ3n) is 3.31. The zero-order valence-corrected chi connectivity index (χ0v) is 12.7. The van der Waals surface area contributed by atoms with Crippen molar-refractivity contribution in [3.8, 4) is 0 Å². The summed E-state index contributed by atoms with van der Waals surface area (Å²) < 4.78 is 0. The number of hydrogen-bond acceptors (Lipinski definition) is 6. The molecule has 126 valence electrons. The van der Waals surface area contributed by atoms with Crippen molar-refractivity contribution in [2.24, 2.45) is 10.7 Å². The van der Waals surface area contributed by atoms with Gasteiger partial charge in [0.25, 0.3) is 17.4 Å². The fourth-order valence-corrected chi connectivity index (χ4v) is 2.31. The zero-order chi connectivity index (χ0) is 18.0. The minimum Gasteiger partial charge on any atom is -0.351 e. The third-order valence-corrected chi connectivity index (χ3v) is 3.31. The summed E-state index contributed by atoms with van der Waals surface area (Å²) in [6.07, 6.45) is -0.428. The lowest BCUT2D eigenvalue weighted by Crippen LogP contribution is -2.51. The molecule has 0 aliphatic carbocycles. The highest BCUT2D eigenvalue weighted by molar-refractivity contribution is 6.21. The van der Waals surface area contributed by atoms with Crippen molar-refractivity contribution in [3.05, 3.63) is 51.4 Å². The van der Waals surface area contributed by atoms with Gasteiger partial charge in [-0.2, -0.15) is 9.98 Å². The summed E-state index contributed by atoms with van der Waals surface area (Å²) in [5.41, 5.74) is 4.47. The number of hydrogen-bond donors (Lipinski definition) is 4. The summed E-state index contributed by atoms with van der Waals surface area (Å²) in [7, 11) is 0. The number of imide groups is 1. The van der Waals surface area contributed by atoms with Crippen LogP contribution in [0.1, 0.15) is 6.42 Å². The van der Waals surface area contributed by atoms with Crippen LogP contribution >= 0.6 is 0 Å². The molecule has 2 aromatic rings. The number of nitrogens with two attached hydrogens (primary N) is 1. The number of H-pyrrole nitrogens is 1. The van der Waals surface area contributed by atoms with Gasteiger partial charge in [-0.25, -0.2) is 4.79 Å². The first-order chi connectivity index (χ1) is 11.9. The average molecular weight is 340 g/mol. The Morgan fingerprint density at radius 3 is 2.56 bits per heavy atom. The lowest BCUT2D eigenvalue weighted by atomic mass is 10.1. The van der Waals surface area contributed by atoms with Crippen molar-refractivity contribution in [1.82, 2.24) is 15.3 Å². The number of fused-ring (bicyclic) bond motifs is 1. The molecule has 2 heterocycles. The molecule has 25 heavy (non-hydrogen) atoms. The Morgan fingerprint density at radius 1 is 1.16 bits per heavy atom. The molecule has 1 aromatic heterocycles. The molecule has 1 aromatic carbocycles. The smallest absolute Gasteiger partial charge is 0.319 e. The fourth-order valence-electron chi connectivity index (χ4n) is 2.31. The van der Waals surface area contributed by atoms with Crippen LogP contribution in [-0.2, 0) is 9.59 Å². The number of nitrogens with one attached hydrogen (secondary N) is 3. The molecule has 1 aliphatic heterocycles. The van der Waals surface area contributed by atoms with Crippen LogP contribution in [0.5, 0.6) is 0 Å². The minimum absolute atomic E-state index is 0.0584. The Balaban J connectivity index is 2.13. The molecule has 3 rings (SSSR count). The number of carbonyl (C=O) groups is 3. The van der Waals surface area contributed by atoms with E-state index in [1.54, 1.807) is 24.3 Å². The van der Waals surface area contributed by atoms with Crippen LogP contribution in [0.3, 0.4) is 0 Å². The second kappa shape index (κ2) is 6.35. The van der Waals surface area contributed by atoms with Gasteiger partial charge in [-0.15, -0.1) is 0 Å². The predicted octanol–water partition coefficient (Wildman–Crippen LogP) is -1.59. The van der Waals surface area contributed by atoms with Crippen LogP contribution in [0.4, 0.5) is 16.4 Å². The first-order valence-corrected chi connectivity index (χ1v) is 7.12.